The van der Waals surface area contributed by atoms with Crippen molar-refractivity contribution in [1.29, 1.82) is 0 Å². The van der Waals surface area contributed by atoms with Crippen LogP contribution in [0.2, 0.25) is 0 Å². The Kier molecular flexibility index (Phi) is 4.09. The van der Waals surface area contributed by atoms with Crippen LogP contribution in [-0.4, -0.2) is 61.4 Å². The molecule has 8 heteroatoms. The van der Waals surface area contributed by atoms with E-state index >= 15 is 0 Å². The third-order valence-corrected chi connectivity index (χ3v) is 5.39. The van der Waals surface area contributed by atoms with Gasteiger partial charge in [-0.3, -0.25) is 9.80 Å². The highest BCUT2D eigenvalue weighted by atomic mass is 16.5. The second-order valence-electron chi connectivity index (χ2n) is 7.07. The first-order valence-corrected chi connectivity index (χ1v) is 8.73. The zero-order valence-electron chi connectivity index (χ0n) is 14.6. The van der Waals surface area contributed by atoms with Crippen LogP contribution >= 0.6 is 0 Å². The summed E-state index contributed by atoms with van der Waals surface area (Å²) >= 11 is 0. The number of rotatable bonds is 4. The average molecular weight is 331 g/mol. The highest BCUT2D eigenvalue weighted by Crippen LogP contribution is 2.35. The van der Waals surface area contributed by atoms with Crippen LogP contribution in [0.25, 0.3) is 0 Å². The topological polar surface area (TPSA) is 76.1 Å². The smallest absolute Gasteiger partial charge is 0.245 e. The van der Waals surface area contributed by atoms with Crippen LogP contribution in [0.4, 0.5) is 0 Å². The van der Waals surface area contributed by atoms with E-state index in [2.05, 4.69) is 48.8 Å². The minimum Gasteiger partial charge on any atom is -0.338 e. The third kappa shape index (κ3) is 2.84. The van der Waals surface area contributed by atoms with Crippen LogP contribution in [-0.2, 0) is 13.6 Å². The van der Waals surface area contributed by atoms with Crippen molar-refractivity contribution in [1.82, 2.24) is 34.7 Å². The fraction of sp³-hybridized carbons (Fsp3) is 0.750. The lowest BCUT2D eigenvalue weighted by atomic mass is 9.85. The molecule has 24 heavy (non-hydrogen) atoms. The van der Waals surface area contributed by atoms with Gasteiger partial charge in [-0.2, -0.15) is 4.98 Å². The fourth-order valence-electron chi connectivity index (χ4n) is 3.52. The molecule has 1 atom stereocenters. The van der Waals surface area contributed by atoms with Crippen molar-refractivity contribution in [3.05, 3.63) is 23.4 Å². The van der Waals surface area contributed by atoms with Gasteiger partial charge in [-0.15, -0.1) is 10.2 Å². The van der Waals surface area contributed by atoms with Crippen LogP contribution in [0.15, 0.2) is 4.52 Å². The van der Waals surface area contributed by atoms with E-state index in [1.165, 1.54) is 19.3 Å². The lowest BCUT2D eigenvalue weighted by Crippen LogP contribution is -2.46. The second kappa shape index (κ2) is 6.25. The highest BCUT2D eigenvalue weighted by molar-refractivity contribution is 5.05. The Morgan fingerprint density at radius 1 is 1.17 bits per heavy atom. The van der Waals surface area contributed by atoms with E-state index in [4.69, 9.17) is 4.52 Å². The van der Waals surface area contributed by atoms with E-state index in [9.17, 15) is 0 Å². The van der Waals surface area contributed by atoms with Crippen molar-refractivity contribution in [2.24, 2.45) is 7.05 Å². The Hall–Kier alpha value is -1.80. The summed E-state index contributed by atoms with van der Waals surface area (Å²) in [5.41, 5.74) is 0. The molecule has 0 aromatic carbocycles. The van der Waals surface area contributed by atoms with Crippen molar-refractivity contribution >= 4 is 0 Å². The Balaban J connectivity index is 1.46. The summed E-state index contributed by atoms with van der Waals surface area (Å²) in [4.78, 5) is 9.09. The van der Waals surface area contributed by atoms with E-state index in [0.717, 1.165) is 37.8 Å². The van der Waals surface area contributed by atoms with E-state index in [1.807, 2.05) is 6.92 Å². The zero-order chi connectivity index (χ0) is 16.7. The molecule has 4 rings (SSSR count). The lowest BCUT2D eigenvalue weighted by Gasteiger charge is -2.37. The molecule has 1 aliphatic heterocycles. The van der Waals surface area contributed by atoms with Crippen molar-refractivity contribution < 1.29 is 4.52 Å². The van der Waals surface area contributed by atoms with E-state index in [0.29, 0.717) is 17.6 Å². The van der Waals surface area contributed by atoms with Gasteiger partial charge in [0.25, 0.3) is 0 Å². The van der Waals surface area contributed by atoms with E-state index in [-0.39, 0.29) is 6.04 Å². The Morgan fingerprint density at radius 2 is 2.00 bits per heavy atom. The third-order valence-electron chi connectivity index (χ3n) is 5.39. The number of hydrogen-bond acceptors (Lipinski definition) is 7. The van der Waals surface area contributed by atoms with Crippen molar-refractivity contribution in [2.75, 3.05) is 26.7 Å². The largest absolute Gasteiger partial charge is 0.338 e. The number of nitrogens with zero attached hydrogens (tertiary/aromatic N) is 7. The quantitative estimate of drug-likeness (QED) is 0.835. The molecule has 2 aromatic heterocycles. The minimum absolute atomic E-state index is 0.138. The predicted molar refractivity (Wildman–Crippen MR) is 87.3 cm³/mol. The maximum Gasteiger partial charge on any atom is 0.245 e. The molecule has 130 valence electrons. The summed E-state index contributed by atoms with van der Waals surface area (Å²) in [6, 6.07) is 0.138. The molecule has 1 saturated carbocycles. The maximum atomic E-state index is 5.39. The fourth-order valence-corrected chi connectivity index (χ4v) is 3.52. The SMILES string of the molecule is Cc1noc([C@H]2CN(Cc3nnc(C4CCC4)n3C)CCN2C)n1. The number of likely N-dealkylation sites (N-methyl/N-ethyl adjacent to an activating group) is 1. The number of hydrogen-bond donors (Lipinski definition) is 0. The molecule has 2 aliphatic rings. The molecule has 8 nitrogen and oxygen atoms in total. The molecular weight excluding hydrogens is 306 g/mol. The van der Waals surface area contributed by atoms with Gasteiger partial charge in [0.05, 0.1) is 6.54 Å². The molecule has 3 heterocycles. The van der Waals surface area contributed by atoms with Gasteiger partial charge in [-0.1, -0.05) is 11.6 Å². The standard InChI is InChI=1S/C16H25N7O/c1-11-17-16(24-20-11)13-9-23(8-7-21(13)2)10-14-18-19-15(22(14)3)12-5-4-6-12/h12-13H,4-10H2,1-3H3/t13-/m1/s1. The number of piperazine rings is 1. The number of aryl methyl sites for hydroxylation is 1. The highest BCUT2D eigenvalue weighted by Gasteiger charge is 2.31. The normalized spacial score (nSPS) is 23.5. The second-order valence-corrected chi connectivity index (χ2v) is 7.07. The van der Waals surface area contributed by atoms with Crippen LogP contribution in [0.5, 0.6) is 0 Å². The van der Waals surface area contributed by atoms with Gasteiger partial charge in [0.1, 0.15) is 17.7 Å². The van der Waals surface area contributed by atoms with Crippen LogP contribution in [0.3, 0.4) is 0 Å². The predicted octanol–water partition coefficient (Wildman–Crippen LogP) is 1.26. The van der Waals surface area contributed by atoms with Crippen LogP contribution in [0.1, 0.15) is 54.6 Å². The Bertz CT molecular complexity index is 705. The summed E-state index contributed by atoms with van der Waals surface area (Å²) in [6.45, 7) is 5.51. The van der Waals surface area contributed by atoms with Gasteiger partial charge in [0.15, 0.2) is 5.82 Å². The lowest BCUT2D eigenvalue weighted by molar-refractivity contribution is 0.0693. The number of aromatic nitrogens is 5. The molecule has 0 N–H and O–H groups in total. The maximum absolute atomic E-state index is 5.39. The van der Waals surface area contributed by atoms with Gasteiger partial charge >= 0.3 is 0 Å². The molecule has 1 saturated heterocycles. The first-order valence-electron chi connectivity index (χ1n) is 8.73. The summed E-state index contributed by atoms with van der Waals surface area (Å²) in [5.74, 6) is 4.19. The van der Waals surface area contributed by atoms with Gasteiger partial charge in [-0.25, -0.2) is 0 Å². The average Bonchev–Trinajstić information content (AvgIpc) is 3.08. The van der Waals surface area contributed by atoms with Gasteiger partial charge in [0, 0.05) is 32.6 Å². The van der Waals surface area contributed by atoms with Crippen LogP contribution in [0, 0.1) is 6.92 Å². The van der Waals surface area contributed by atoms with Gasteiger partial charge in [-0.05, 0) is 26.8 Å². The van der Waals surface area contributed by atoms with Crippen molar-refractivity contribution in [2.45, 2.75) is 44.7 Å². The summed E-state index contributed by atoms with van der Waals surface area (Å²) in [5, 5.41) is 12.8. The van der Waals surface area contributed by atoms with E-state index < -0.39 is 0 Å². The summed E-state index contributed by atoms with van der Waals surface area (Å²) in [7, 11) is 4.20. The van der Waals surface area contributed by atoms with Crippen molar-refractivity contribution in [3.63, 3.8) is 0 Å². The van der Waals surface area contributed by atoms with Gasteiger partial charge in [0.2, 0.25) is 5.89 Å². The Labute approximate surface area is 141 Å². The van der Waals surface area contributed by atoms with Crippen molar-refractivity contribution in [3.8, 4) is 0 Å². The van der Waals surface area contributed by atoms with Gasteiger partial charge < -0.3 is 9.09 Å². The van der Waals surface area contributed by atoms with Crippen LogP contribution < -0.4 is 0 Å². The molecule has 0 unspecified atom stereocenters. The molecule has 0 radical (unpaired) electrons. The monoisotopic (exact) mass is 331 g/mol. The first-order chi connectivity index (χ1) is 11.6. The molecule has 0 amide bonds. The molecule has 1 aliphatic carbocycles. The molecular formula is C16H25N7O. The molecule has 2 fully saturated rings. The molecule has 0 bridgehead atoms. The first kappa shape index (κ1) is 15.7. The van der Waals surface area contributed by atoms with E-state index in [1.54, 1.807) is 0 Å². The zero-order valence-corrected chi connectivity index (χ0v) is 14.6. The minimum atomic E-state index is 0.138. The summed E-state index contributed by atoms with van der Waals surface area (Å²) in [6.07, 6.45) is 3.81. The molecule has 2 aromatic rings. The Morgan fingerprint density at radius 3 is 2.67 bits per heavy atom. The molecule has 0 spiro atoms. The summed E-state index contributed by atoms with van der Waals surface area (Å²) < 4.78 is 7.58.